The minimum atomic E-state index is -3.64. The molecule has 1 aromatic carbocycles. The number of piperazine rings is 1. The third kappa shape index (κ3) is 4.60. The number of rotatable bonds is 5. The van der Waals surface area contributed by atoms with Crippen molar-refractivity contribution in [3.63, 3.8) is 0 Å². The zero-order valence-corrected chi connectivity index (χ0v) is 18.3. The van der Waals surface area contributed by atoms with Crippen molar-refractivity contribution in [2.75, 3.05) is 40.3 Å². The Morgan fingerprint density at radius 1 is 1.11 bits per heavy atom. The fraction of sp³-hybridized carbons (Fsp3) is 0.368. The van der Waals surface area contributed by atoms with Gasteiger partial charge in [0.05, 0.1) is 4.90 Å². The molecule has 28 heavy (non-hydrogen) atoms. The molecule has 2 aromatic rings. The van der Waals surface area contributed by atoms with Crippen molar-refractivity contribution in [3.05, 3.63) is 58.3 Å². The molecule has 1 aromatic heterocycles. The van der Waals surface area contributed by atoms with E-state index in [9.17, 15) is 13.2 Å². The highest BCUT2D eigenvalue weighted by Crippen LogP contribution is 2.26. The summed E-state index contributed by atoms with van der Waals surface area (Å²) in [7, 11) is -0.694. The Hall–Kier alpha value is -1.81. The molecular formula is C19H23BrN4O3S. The van der Waals surface area contributed by atoms with E-state index in [1.165, 1.54) is 25.7 Å². The lowest BCUT2D eigenvalue weighted by atomic mass is 10.1. The van der Waals surface area contributed by atoms with E-state index in [-0.39, 0.29) is 10.8 Å². The molecule has 0 radical (unpaired) electrons. The lowest BCUT2D eigenvalue weighted by Crippen LogP contribution is -2.48. The first-order valence-corrected chi connectivity index (χ1v) is 11.1. The van der Waals surface area contributed by atoms with Gasteiger partial charge in [0.15, 0.2) is 0 Å². The summed E-state index contributed by atoms with van der Waals surface area (Å²) in [6.45, 7) is 3.58. The van der Waals surface area contributed by atoms with Crippen molar-refractivity contribution < 1.29 is 13.2 Å². The average Bonchev–Trinajstić information content (AvgIpc) is 2.69. The Morgan fingerprint density at radius 2 is 1.75 bits per heavy atom. The molecule has 0 N–H and O–H groups in total. The third-order valence-corrected chi connectivity index (χ3v) is 7.56. The van der Waals surface area contributed by atoms with Crippen LogP contribution in [-0.4, -0.2) is 73.7 Å². The molecule has 1 aliphatic rings. The quantitative estimate of drug-likeness (QED) is 0.673. The van der Waals surface area contributed by atoms with E-state index in [4.69, 9.17) is 0 Å². The van der Waals surface area contributed by atoms with Gasteiger partial charge >= 0.3 is 0 Å². The third-order valence-electron chi connectivity index (χ3n) is 4.75. The summed E-state index contributed by atoms with van der Waals surface area (Å²) in [5, 5.41) is 0. The molecule has 0 aliphatic carbocycles. The molecule has 1 saturated heterocycles. The van der Waals surface area contributed by atoms with Crippen LogP contribution in [0.15, 0.2) is 52.1 Å². The van der Waals surface area contributed by atoms with Crippen molar-refractivity contribution in [2.45, 2.75) is 11.4 Å². The highest BCUT2D eigenvalue weighted by molar-refractivity contribution is 9.10. The van der Waals surface area contributed by atoms with E-state index in [1.807, 2.05) is 12.1 Å². The van der Waals surface area contributed by atoms with Crippen LogP contribution < -0.4 is 0 Å². The number of hydrogen-bond acceptors (Lipinski definition) is 5. The van der Waals surface area contributed by atoms with Crippen molar-refractivity contribution in [3.8, 4) is 0 Å². The second-order valence-corrected chi connectivity index (χ2v) is 9.83. The summed E-state index contributed by atoms with van der Waals surface area (Å²) < 4.78 is 26.5. The standard InChI is InChI=1S/C19H23BrN4O3S/c1-22(2)28(26,27)18-13-16(3-4-17(18)20)19(25)24-11-9-23(10-12-24)14-15-5-7-21-8-6-15/h3-8,13H,9-12,14H2,1-2H3. The number of amides is 1. The summed E-state index contributed by atoms with van der Waals surface area (Å²) >= 11 is 3.28. The molecule has 2 heterocycles. The summed E-state index contributed by atoms with van der Waals surface area (Å²) in [5.74, 6) is -0.147. The fourth-order valence-electron chi connectivity index (χ4n) is 3.07. The second-order valence-electron chi connectivity index (χ2n) is 6.86. The largest absolute Gasteiger partial charge is 0.336 e. The van der Waals surface area contributed by atoms with Crippen LogP contribution >= 0.6 is 15.9 Å². The van der Waals surface area contributed by atoms with Gasteiger partial charge < -0.3 is 4.90 Å². The number of aromatic nitrogens is 1. The maximum atomic E-state index is 12.9. The zero-order valence-electron chi connectivity index (χ0n) is 15.9. The highest BCUT2D eigenvalue weighted by atomic mass is 79.9. The highest BCUT2D eigenvalue weighted by Gasteiger charge is 2.26. The predicted octanol–water partition coefficient (Wildman–Crippen LogP) is 2.05. The fourth-order valence-corrected chi connectivity index (χ4v) is 4.91. The molecule has 1 fully saturated rings. The minimum Gasteiger partial charge on any atom is -0.336 e. The smallest absolute Gasteiger partial charge is 0.253 e. The minimum absolute atomic E-state index is 0.0969. The molecular weight excluding hydrogens is 444 g/mol. The van der Waals surface area contributed by atoms with Gasteiger partial charge in [-0.15, -0.1) is 0 Å². The Kier molecular flexibility index (Phi) is 6.49. The SMILES string of the molecule is CN(C)S(=O)(=O)c1cc(C(=O)N2CCN(Cc3ccncc3)CC2)ccc1Br. The summed E-state index contributed by atoms with van der Waals surface area (Å²) in [6.07, 6.45) is 3.56. The van der Waals surface area contributed by atoms with E-state index in [0.29, 0.717) is 23.1 Å². The number of sulfonamides is 1. The lowest BCUT2D eigenvalue weighted by molar-refractivity contribution is 0.0628. The number of carbonyl (C=O) groups is 1. The van der Waals surface area contributed by atoms with E-state index >= 15 is 0 Å². The van der Waals surface area contributed by atoms with Gasteiger partial charge in [0, 0.05) is 69.2 Å². The van der Waals surface area contributed by atoms with Gasteiger partial charge in [-0.1, -0.05) is 0 Å². The molecule has 0 bridgehead atoms. The molecule has 0 saturated carbocycles. The molecule has 7 nitrogen and oxygen atoms in total. The van der Waals surface area contributed by atoms with E-state index in [1.54, 1.807) is 29.4 Å². The zero-order chi connectivity index (χ0) is 20.3. The van der Waals surface area contributed by atoms with Crippen molar-refractivity contribution in [1.82, 2.24) is 19.1 Å². The van der Waals surface area contributed by atoms with Crippen LogP contribution in [0.3, 0.4) is 0 Å². The van der Waals surface area contributed by atoms with Crippen molar-refractivity contribution in [2.24, 2.45) is 0 Å². The monoisotopic (exact) mass is 466 g/mol. The number of benzene rings is 1. The van der Waals surface area contributed by atoms with Crippen LogP contribution in [0.4, 0.5) is 0 Å². The van der Waals surface area contributed by atoms with Gasteiger partial charge in [-0.3, -0.25) is 14.7 Å². The molecule has 0 spiro atoms. The first-order chi connectivity index (χ1) is 13.3. The summed E-state index contributed by atoms with van der Waals surface area (Å²) in [6, 6.07) is 8.71. The van der Waals surface area contributed by atoms with Gasteiger partial charge in [0.2, 0.25) is 10.0 Å². The molecule has 1 amide bonds. The van der Waals surface area contributed by atoms with Crippen molar-refractivity contribution >= 4 is 31.9 Å². The number of nitrogens with zero attached hydrogens (tertiary/aromatic N) is 4. The van der Waals surface area contributed by atoms with Crippen LogP contribution in [0.1, 0.15) is 15.9 Å². The molecule has 0 unspecified atom stereocenters. The van der Waals surface area contributed by atoms with Gasteiger partial charge in [0.25, 0.3) is 5.91 Å². The maximum absolute atomic E-state index is 12.9. The molecule has 0 atom stereocenters. The number of hydrogen-bond donors (Lipinski definition) is 0. The Balaban J connectivity index is 1.69. The van der Waals surface area contributed by atoms with Gasteiger partial charge in [0.1, 0.15) is 0 Å². The molecule has 1 aliphatic heterocycles. The van der Waals surface area contributed by atoms with E-state index in [0.717, 1.165) is 23.9 Å². The van der Waals surface area contributed by atoms with E-state index < -0.39 is 10.0 Å². The first kappa shape index (κ1) is 20.9. The average molecular weight is 467 g/mol. The molecule has 9 heteroatoms. The maximum Gasteiger partial charge on any atom is 0.253 e. The van der Waals surface area contributed by atoms with Crippen LogP contribution in [0.25, 0.3) is 0 Å². The number of pyridine rings is 1. The Bertz CT molecular complexity index is 943. The van der Waals surface area contributed by atoms with Gasteiger partial charge in [-0.25, -0.2) is 12.7 Å². The topological polar surface area (TPSA) is 73.8 Å². The molecule has 150 valence electrons. The van der Waals surface area contributed by atoms with Gasteiger partial charge in [-0.2, -0.15) is 0 Å². The normalized spacial score (nSPS) is 15.8. The van der Waals surface area contributed by atoms with Gasteiger partial charge in [-0.05, 0) is 51.8 Å². The number of carbonyl (C=O) groups excluding carboxylic acids is 1. The summed E-state index contributed by atoms with van der Waals surface area (Å²) in [5.41, 5.74) is 1.58. The first-order valence-electron chi connectivity index (χ1n) is 8.91. The van der Waals surface area contributed by atoms with Crippen LogP contribution in [0, 0.1) is 0 Å². The predicted molar refractivity (Wildman–Crippen MR) is 110 cm³/mol. The lowest BCUT2D eigenvalue weighted by Gasteiger charge is -2.34. The second kappa shape index (κ2) is 8.69. The van der Waals surface area contributed by atoms with Crippen LogP contribution in [-0.2, 0) is 16.6 Å². The Labute approximate surface area is 174 Å². The number of halogens is 1. The van der Waals surface area contributed by atoms with Crippen LogP contribution in [0.5, 0.6) is 0 Å². The Morgan fingerprint density at radius 3 is 2.36 bits per heavy atom. The molecule has 3 rings (SSSR count). The van der Waals surface area contributed by atoms with Crippen LogP contribution in [0.2, 0.25) is 0 Å². The van der Waals surface area contributed by atoms with Crippen molar-refractivity contribution in [1.29, 1.82) is 0 Å². The van der Waals surface area contributed by atoms with E-state index in [2.05, 4.69) is 25.8 Å². The summed E-state index contributed by atoms with van der Waals surface area (Å²) in [4.78, 5) is 21.1.